The number of benzene rings is 1. The lowest BCUT2D eigenvalue weighted by Gasteiger charge is -2.20. The van der Waals surface area contributed by atoms with Crippen LogP contribution in [0.4, 0.5) is 0 Å². The molecule has 0 heterocycles. The normalized spacial score (nSPS) is 19.5. The molecule has 0 bridgehead atoms. The number of halogens is 2. The number of hydrogen-bond acceptors (Lipinski definition) is 2. The van der Waals surface area contributed by atoms with Gasteiger partial charge in [-0.15, -0.1) is 0 Å². The molecule has 2 rings (SSSR count). The smallest absolute Gasteiger partial charge is 0.138 e. The van der Waals surface area contributed by atoms with E-state index in [1.807, 2.05) is 0 Å². The Labute approximate surface area is 111 Å². The first-order valence-corrected chi connectivity index (χ1v) is 6.47. The summed E-state index contributed by atoms with van der Waals surface area (Å²) in [7, 11) is 0. The highest BCUT2D eigenvalue weighted by molar-refractivity contribution is 6.35. The number of allylic oxidation sites excluding steroid dienone is 1. The maximum Gasteiger partial charge on any atom is 0.138 e. The number of phenolic OH excluding ortho intramolecular Hbond substituents is 1. The van der Waals surface area contributed by atoms with Crippen molar-refractivity contribution >= 4 is 23.2 Å². The summed E-state index contributed by atoms with van der Waals surface area (Å²) >= 11 is 11.8. The maximum absolute atomic E-state index is 9.81. The number of aromatic hydroxyl groups is 1. The summed E-state index contributed by atoms with van der Waals surface area (Å²) in [6, 6.07) is 3.76. The van der Waals surface area contributed by atoms with E-state index in [9.17, 15) is 5.11 Å². The van der Waals surface area contributed by atoms with Crippen molar-refractivity contribution in [3.63, 3.8) is 0 Å². The first kappa shape index (κ1) is 12.7. The first-order valence-electron chi connectivity index (χ1n) is 5.72. The van der Waals surface area contributed by atoms with Gasteiger partial charge in [0.05, 0.1) is 5.02 Å². The van der Waals surface area contributed by atoms with Crippen molar-refractivity contribution in [1.29, 1.82) is 0 Å². The summed E-state index contributed by atoms with van der Waals surface area (Å²) in [5.41, 5.74) is 0.747. The minimum atomic E-state index is 0.120. The molecule has 0 spiro atoms. The number of phenols is 1. The molecule has 2 N–H and O–H groups in total. The SMILES string of the molecule is Oc1c(Cl)cc(Cl)cc1CNC1CC=CCC1. The molecule has 0 aliphatic heterocycles. The van der Waals surface area contributed by atoms with Crippen molar-refractivity contribution < 1.29 is 5.11 Å². The summed E-state index contributed by atoms with van der Waals surface area (Å²) in [5, 5.41) is 14.1. The Balaban J connectivity index is 2.01. The van der Waals surface area contributed by atoms with Crippen LogP contribution in [0.5, 0.6) is 5.75 Å². The average molecular weight is 272 g/mol. The van der Waals surface area contributed by atoms with E-state index in [0.717, 1.165) is 24.8 Å². The van der Waals surface area contributed by atoms with Crippen LogP contribution in [-0.2, 0) is 6.54 Å². The average Bonchev–Trinajstić information content (AvgIpc) is 2.33. The van der Waals surface area contributed by atoms with Gasteiger partial charge in [0.1, 0.15) is 5.75 Å². The van der Waals surface area contributed by atoms with Crippen LogP contribution >= 0.6 is 23.2 Å². The summed E-state index contributed by atoms with van der Waals surface area (Å²) in [6.07, 6.45) is 7.67. The fraction of sp³-hybridized carbons (Fsp3) is 0.385. The topological polar surface area (TPSA) is 32.3 Å². The Morgan fingerprint density at radius 3 is 2.82 bits per heavy atom. The predicted molar refractivity (Wildman–Crippen MR) is 71.7 cm³/mol. The second-order valence-electron chi connectivity index (χ2n) is 4.26. The lowest BCUT2D eigenvalue weighted by atomic mass is 10.0. The molecule has 1 aromatic carbocycles. The molecule has 0 radical (unpaired) electrons. The highest BCUT2D eigenvalue weighted by Gasteiger charge is 2.12. The summed E-state index contributed by atoms with van der Waals surface area (Å²) in [4.78, 5) is 0. The van der Waals surface area contributed by atoms with Gasteiger partial charge in [-0.3, -0.25) is 0 Å². The summed E-state index contributed by atoms with van der Waals surface area (Å²) in [6.45, 7) is 0.588. The number of nitrogens with one attached hydrogen (secondary N) is 1. The Hall–Kier alpha value is -0.700. The molecule has 4 heteroatoms. The van der Waals surface area contributed by atoms with Crippen LogP contribution in [0.25, 0.3) is 0 Å². The quantitative estimate of drug-likeness (QED) is 0.818. The molecular formula is C13H15Cl2NO. The molecule has 2 nitrogen and oxygen atoms in total. The highest BCUT2D eigenvalue weighted by atomic mass is 35.5. The van der Waals surface area contributed by atoms with Gasteiger partial charge in [-0.2, -0.15) is 0 Å². The Kier molecular flexibility index (Phi) is 4.32. The standard InChI is InChI=1S/C13H15Cl2NO/c14-10-6-9(13(17)12(15)7-10)8-16-11-4-2-1-3-5-11/h1-2,6-7,11,16-17H,3-5,8H2. The Bertz CT molecular complexity index is 432. The molecule has 1 aliphatic carbocycles. The van der Waals surface area contributed by atoms with Crippen LogP contribution in [0.1, 0.15) is 24.8 Å². The van der Waals surface area contributed by atoms with Crippen molar-refractivity contribution in [2.75, 3.05) is 0 Å². The third-order valence-electron chi connectivity index (χ3n) is 2.96. The highest BCUT2D eigenvalue weighted by Crippen LogP contribution is 2.31. The molecule has 1 atom stereocenters. The lowest BCUT2D eigenvalue weighted by Crippen LogP contribution is -2.29. The monoisotopic (exact) mass is 271 g/mol. The van der Waals surface area contributed by atoms with E-state index in [0.29, 0.717) is 22.6 Å². The van der Waals surface area contributed by atoms with Crippen LogP contribution in [0.3, 0.4) is 0 Å². The lowest BCUT2D eigenvalue weighted by molar-refractivity contribution is 0.444. The molecule has 1 aromatic rings. The van der Waals surface area contributed by atoms with Gasteiger partial charge < -0.3 is 10.4 Å². The van der Waals surface area contributed by atoms with Gasteiger partial charge in [0, 0.05) is 23.2 Å². The summed E-state index contributed by atoms with van der Waals surface area (Å²) in [5.74, 6) is 0.120. The van der Waals surface area contributed by atoms with Crippen LogP contribution in [0.2, 0.25) is 10.0 Å². The van der Waals surface area contributed by atoms with E-state index in [4.69, 9.17) is 23.2 Å². The number of rotatable bonds is 3. The van der Waals surface area contributed by atoms with E-state index in [1.165, 1.54) is 0 Å². The third-order valence-corrected chi connectivity index (χ3v) is 3.46. The first-order chi connectivity index (χ1) is 8.16. The predicted octanol–water partition coefficient (Wildman–Crippen LogP) is 3.90. The van der Waals surface area contributed by atoms with Gasteiger partial charge in [-0.25, -0.2) is 0 Å². The second kappa shape index (κ2) is 5.76. The molecule has 0 aromatic heterocycles. The number of hydrogen-bond donors (Lipinski definition) is 2. The van der Waals surface area contributed by atoms with Crippen molar-refractivity contribution in [2.45, 2.75) is 31.8 Å². The van der Waals surface area contributed by atoms with Gasteiger partial charge in [0.2, 0.25) is 0 Å². The van der Waals surface area contributed by atoms with Crippen LogP contribution < -0.4 is 5.32 Å². The van der Waals surface area contributed by atoms with E-state index in [1.54, 1.807) is 12.1 Å². The zero-order chi connectivity index (χ0) is 12.3. The van der Waals surface area contributed by atoms with Crippen molar-refractivity contribution in [2.24, 2.45) is 0 Å². The molecule has 92 valence electrons. The molecule has 17 heavy (non-hydrogen) atoms. The van der Waals surface area contributed by atoms with Crippen LogP contribution in [0, 0.1) is 0 Å². The molecule has 0 saturated heterocycles. The van der Waals surface area contributed by atoms with Gasteiger partial charge in [-0.05, 0) is 31.4 Å². The van der Waals surface area contributed by atoms with E-state index in [2.05, 4.69) is 17.5 Å². The second-order valence-corrected chi connectivity index (χ2v) is 5.10. The van der Waals surface area contributed by atoms with Gasteiger partial charge in [-0.1, -0.05) is 35.4 Å². The molecular weight excluding hydrogens is 257 g/mol. The molecule has 0 amide bonds. The minimum Gasteiger partial charge on any atom is -0.506 e. The molecule has 0 saturated carbocycles. The maximum atomic E-state index is 9.81. The van der Waals surface area contributed by atoms with Gasteiger partial charge in [0.15, 0.2) is 0 Å². The fourth-order valence-corrected chi connectivity index (χ4v) is 2.52. The zero-order valence-electron chi connectivity index (χ0n) is 9.42. The summed E-state index contributed by atoms with van der Waals surface area (Å²) < 4.78 is 0. The third kappa shape index (κ3) is 3.38. The van der Waals surface area contributed by atoms with E-state index in [-0.39, 0.29) is 5.75 Å². The van der Waals surface area contributed by atoms with Gasteiger partial charge in [0.25, 0.3) is 0 Å². The minimum absolute atomic E-state index is 0.120. The van der Waals surface area contributed by atoms with Crippen molar-refractivity contribution in [3.8, 4) is 5.75 Å². The molecule has 0 fully saturated rings. The van der Waals surface area contributed by atoms with Crippen molar-refractivity contribution in [1.82, 2.24) is 5.32 Å². The largest absolute Gasteiger partial charge is 0.506 e. The Morgan fingerprint density at radius 1 is 1.29 bits per heavy atom. The van der Waals surface area contributed by atoms with Gasteiger partial charge >= 0.3 is 0 Å². The van der Waals surface area contributed by atoms with E-state index < -0.39 is 0 Å². The van der Waals surface area contributed by atoms with E-state index >= 15 is 0 Å². The zero-order valence-corrected chi connectivity index (χ0v) is 10.9. The van der Waals surface area contributed by atoms with Crippen molar-refractivity contribution in [3.05, 3.63) is 39.9 Å². The van der Waals surface area contributed by atoms with Crippen LogP contribution in [-0.4, -0.2) is 11.1 Å². The van der Waals surface area contributed by atoms with Crippen LogP contribution in [0.15, 0.2) is 24.3 Å². The molecule has 1 unspecified atom stereocenters. The molecule has 1 aliphatic rings. The Morgan fingerprint density at radius 2 is 2.12 bits per heavy atom. The fourth-order valence-electron chi connectivity index (χ4n) is 1.99.